The highest BCUT2D eigenvalue weighted by Crippen LogP contribution is 2.33. The quantitative estimate of drug-likeness (QED) is 0.526. The zero-order chi connectivity index (χ0) is 17.6. The Morgan fingerprint density at radius 2 is 1.76 bits per heavy atom. The van der Waals surface area contributed by atoms with E-state index >= 15 is 0 Å². The molecule has 1 saturated heterocycles. The van der Waals surface area contributed by atoms with Gasteiger partial charge in [-0.1, -0.05) is 6.07 Å². The highest BCUT2D eigenvalue weighted by atomic mass is 19.2. The van der Waals surface area contributed by atoms with Crippen LogP contribution < -0.4 is 4.90 Å². The summed E-state index contributed by atoms with van der Waals surface area (Å²) in [6, 6.07) is 5.45. The maximum Gasteiger partial charge on any atom is 0.253 e. The third-order valence-corrected chi connectivity index (χ3v) is 4.42. The molecule has 1 unspecified atom stereocenters. The van der Waals surface area contributed by atoms with Crippen LogP contribution in [-0.2, 0) is 0 Å². The van der Waals surface area contributed by atoms with Gasteiger partial charge in [-0.15, -0.1) is 10.2 Å². The normalized spacial score (nSPS) is 18.1. The Morgan fingerprint density at radius 1 is 1.00 bits per heavy atom. The largest absolute Gasteiger partial charge is 0.366 e. The lowest BCUT2D eigenvalue weighted by atomic mass is 9.96. The van der Waals surface area contributed by atoms with Gasteiger partial charge in [0.05, 0.1) is 0 Å². The van der Waals surface area contributed by atoms with Crippen molar-refractivity contribution in [1.82, 2.24) is 19.6 Å². The van der Waals surface area contributed by atoms with Crippen LogP contribution in [0.25, 0.3) is 5.65 Å². The van der Waals surface area contributed by atoms with Crippen LogP contribution in [0.4, 0.5) is 23.2 Å². The summed E-state index contributed by atoms with van der Waals surface area (Å²) in [4.78, 5) is 3.90. The Labute approximate surface area is 139 Å². The molecule has 0 saturated carbocycles. The monoisotopic (exact) mass is 351 g/mol. The van der Waals surface area contributed by atoms with E-state index in [1.807, 2.05) is 12.1 Å². The molecule has 130 valence electrons. The van der Waals surface area contributed by atoms with Gasteiger partial charge in [-0.3, -0.25) is 4.40 Å². The molecule has 0 aliphatic carbocycles. The predicted octanol–water partition coefficient (Wildman–Crippen LogP) is 3.06. The molecule has 3 aromatic heterocycles. The second kappa shape index (κ2) is 5.98. The van der Waals surface area contributed by atoms with Gasteiger partial charge in [-0.05, 0) is 25.0 Å². The van der Waals surface area contributed by atoms with Crippen LogP contribution in [0.3, 0.4) is 0 Å². The van der Waals surface area contributed by atoms with Gasteiger partial charge in [0.1, 0.15) is 11.5 Å². The van der Waals surface area contributed by atoms with Crippen molar-refractivity contribution in [3.63, 3.8) is 0 Å². The van der Waals surface area contributed by atoms with E-state index < -0.39 is 29.2 Å². The number of nitrogens with zero attached hydrogens (tertiary/aromatic N) is 5. The summed E-state index contributed by atoms with van der Waals surface area (Å²) in [5.41, 5.74) is -0.0588. The number of pyridine rings is 2. The summed E-state index contributed by atoms with van der Waals surface area (Å²) in [5, 5.41) is 8.24. The summed E-state index contributed by atoms with van der Waals surface area (Å²) in [6.45, 7) is 0.455. The molecule has 1 aliphatic rings. The van der Waals surface area contributed by atoms with Crippen molar-refractivity contribution in [2.75, 3.05) is 18.0 Å². The second-order valence-corrected chi connectivity index (χ2v) is 5.94. The summed E-state index contributed by atoms with van der Waals surface area (Å²) in [7, 11) is 0. The van der Waals surface area contributed by atoms with E-state index in [1.54, 1.807) is 16.7 Å². The van der Waals surface area contributed by atoms with E-state index in [2.05, 4.69) is 15.2 Å². The van der Waals surface area contributed by atoms with Crippen molar-refractivity contribution in [2.45, 2.75) is 18.8 Å². The Hall–Kier alpha value is -2.71. The molecule has 9 heteroatoms. The van der Waals surface area contributed by atoms with Crippen molar-refractivity contribution in [2.24, 2.45) is 0 Å². The molecule has 1 atom stereocenters. The van der Waals surface area contributed by atoms with E-state index in [1.165, 1.54) is 4.90 Å². The maximum atomic E-state index is 14.0. The molecule has 4 rings (SSSR count). The number of anilines is 1. The first-order valence-corrected chi connectivity index (χ1v) is 7.81. The Balaban J connectivity index is 1.71. The van der Waals surface area contributed by atoms with Crippen molar-refractivity contribution < 1.29 is 17.6 Å². The SMILES string of the molecule is Fc1nc(F)c(F)c(N2CCCC(c3nnc4ccccn34)C2)c1F. The van der Waals surface area contributed by atoms with Gasteiger partial charge in [0.2, 0.25) is 11.6 Å². The Kier molecular flexibility index (Phi) is 3.78. The summed E-state index contributed by atoms with van der Waals surface area (Å²) >= 11 is 0. The van der Waals surface area contributed by atoms with E-state index in [0.29, 0.717) is 17.9 Å². The first-order chi connectivity index (χ1) is 12.1. The molecule has 25 heavy (non-hydrogen) atoms. The third kappa shape index (κ3) is 2.59. The molecule has 4 heterocycles. The molecule has 3 aromatic rings. The first kappa shape index (κ1) is 15.8. The van der Waals surface area contributed by atoms with E-state index in [9.17, 15) is 17.6 Å². The van der Waals surface area contributed by atoms with Gasteiger partial charge < -0.3 is 4.90 Å². The molecule has 0 bridgehead atoms. The van der Waals surface area contributed by atoms with Crippen LogP contribution in [0.5, 0.6) is 0 Å². The predicted molar refractivity (Wildman–Crippen MR) is 81.2 cm³/mol. The maximum absolute atomic E-state index is 14.0. The number of fused-ring (bicyclic) bond motifs is 1. The summed E-state index contributed by atoms with van der Waals surface area (Å²) in [6.07, 6.45) is 3.12. The topological polar surface area (TPSA) is 46.3 Å². The average molecular weight is 351 g/mol. The minimum Gasteiger partial charge on any atom is -0.366 e. The molecule has 1 fully saturated rings. The Bertz CT molecular complexity index is 915. The van der Waals surface area contributed by atoms with Gasteiger partial charge in [0, 0.05) is 25.2 Å². The number of halogens is 4. The van der Waals surface area contributed by atoms with Gasteiger partial charge in [0.15, 0.2) is 5.65 Å². The fourth-order valence-corrected chi connectivity index (χ4v) is 3.28. The standard InChI is InChI=1S/C16H13F4N5/c17-11-13(12(18)15(20)21-14(11)19)24-6-3-4-9(8-24)16-23-22-10-5-1-2-7-25(10)16/h1-2,5,7,9H,3-4,6,8H2. The molecule has 0 amide bonds. The van der Waals surface area contributed by atoms with Gasteiger partial charge in [-0.25, -0.2) is 0 Å². The van der Waals surface area contributed by atoms with Crippen LogP contribution in [0, 0.1) is 23.5 Å². The minimum absolute atomic E-state index is 0.173. The lowest BCUT2D eigenvalue weighted by Gasteiger charge is -2.33. The lowest BCUT2D eigenvalue weighted by molar-refractivity contribution is 0.397. The average Bonchev–Trinajstić information content (AvgIpc) is 3.05. The smallest absolute Gasteiger partial charge is 0.253 e. The highest BCUT2D eigenvalue weighted by Gasteiger charge is 2.31. The van der Waals surface area contributed by atoms with Crippen molar-refractivity contribution in [1.29, 1.82) is 0 Å². The molecule has 0 N–H and O–H groups in total. The van der Waals surface area contributed by atoms with Gasteiger partial charge >= 0.3 is 0 Å². The van der Waals surface area contributed by atoms with Crippen LogP contribution in [-0.4, -0.2) is 32.7 Å². The molecule has 5 nitrogen and oxygen atoms in total. The number of rotatable bonds is 2. The van der Waals surface area contributed by atoms with Crippen molar-refractivity contribution >= 4 is 11.3 Å². The van der Waals surface area contributed by atoms with E-state index in [0.717, 1.165) is 6.42 Å². The number of aromatic nitrogens is 4. The fraction of sp³-hybridized carbons (Fsp3) is 0.312. The zero-order valence-electron chi connectivity index (χ0n) is 13.0. The zero-order valence-corrected chi connectivity index (χ0v) is 13.0. The first-order valence-electron chi connectivity index (χ1n) is 7.81. The number of piperidine rings is 1. The molecule has 0 radical (unpaired) electrons. The number of hydrogen-bond donors (Lipinski definition) is 0. The molecule has 1 aliphatic heterocycles. The molecule has 0 aromatic carbocycles. The lowest BCUT2D eigenvalue weighted by Crippen LogP contribution is -2.36. The highest BCUT2D eigenvalue weighted by molar-refractivity contribution is 5.49. The van der Waals surface area contributed by atoms with Crippen LogP contribution in [0.1, 0.15) is 24.6 Å². The van der Waals surface area contributed by atoms with E-state index in [4.69, 9.17) is 0 Å². The second-order valence-electron chi connectivity index (χ2n) is 5.94. The number of hydrogen-bond acceptors (Lipinski definition) is 4. The van der Waals surface area contributed by atoms with Crippen molar-refractivity contribution in [3.05, 3.63) is 53.8 Å². The minimum atomic E-state index is -1.65. The van der Waals surface area contributed by atoms with Gasteiger partial charge in [-0.2, -0.15) is 22.5 Å². The summed E-state index contributed by atoms with van der Waals surface area (Å²) in [5.74, 6) is -5.79. The van der Waals surface area contributed by atoms with Crippen LogP contribution >= 0.6 is 0 Å². The summed E-state index contributed by atoms with van der Waals surface area (Å²) < 4.78 is 56.7. The third-order valence-electron chi connectivity index (χ3n) is 4.42. The molecular formula is C16H13F4N5. The molecule has 0 spiro atoms. The van der Waals surface area contributed by atoms with Gasteiger partial charge in [0.25, 0.3) is 11.9 Å². The van der Waals surface area contributed by atoms with Crippen molar-refractivity contribution in [3.8, 4) is 0 Å². The van der Waals surface area contributed by atoms with E-state index in [-0.39, 0.29) is 19.0 Å². The molecular weight excluding hydrogens is 338 g/mol. The fourth-order valence-electron chi connectivity index (χ4n) is 3.28. The van der Waals surface area contributed by atoms with Crippen LogP contribution in [0.2, 0.25) is 0 Å². The van der Waals surface area contributed by atoms with Crippen LogP contribution in [0.15, 0.2) is 24.4 Å². The Morgan fingerprint density at radius 3 is 2.52 bits per heavy atom.